The number of nitrogens with one attached hydrogen (secondary N) is 1. The summed E-state index contributed by atoms with van der Waals surface area (Å²) in [5, 5.41) is 4.13. The highest BCUT2D eigenvalue weighted by atomic mass is 32.1. The Morgan fingerprint density at radius 3 is 2.94 bits per heavy atom. The summed E-state index contributed by atoms with van der Waals surface area (Å²) in [6.45, 7) is 4.91. The quantitative estimate of drug-likeness (QED) is 0.804. The van der Waals surface area contributed by atoms with Crippen molar-refractivity contribution in [1.82, 2.24) is 4.98 Å². The van der Waals surface area contributed by atoms with Gasteiger partial charge in [-0.25, -0.2) is 9.78 Å². The first-order valence-corrected chi connectivity index (χ1v) is 7.11. The van der Waals surface area contributed by atoms with Gasteiger partial charge in [0.2, 0.25) is 0 Å². The molecule has 6 heteroatoms. The second-order valence-corrected chi connectivity index (χ2v) is 5.00. The van der Waals surface area contributed by atoms with Gasteiger partial charge in [-0.1, -0.05) is 0 Å². The van der Waals surface area contributed by atoms with E-state index in [2.05, 4.69) is 10.3 Å². The molecule has 0 radical (unpaired) electrons. The van der Waals surface area contributed by atoms with Crippen LogP contribution < -0.4 is 5.32 Å². The molecule has 18 heavy (non-hydrogen) atoms. The van der Waals surface area contributed by atoms with E-state index >= 15 is 0 Å². The number of ether oxygens (including phenoxy) is 2. The van der Waals surface area contributed by atoms with Gasteiger partial charge in [-0.05, 0) is 26.7 Å². The largest absolute Gasteiger partial charge is 0.461 e. The number of thiazole rings is 1. The first kappa shape index (κ1) is 13.3. The van der Waals surface area contributed by atoms with Crippen molar-refractivity contribution in [2.75, 3.05) is 18.5 Å². The van der Waals surface area contributed by atoms with Crippen LogP contribution in [-0.2, 0) is 9.47 Å². The molecule has 0 saturated heterocycles. The third kappa shape index (κ3) is 3.00. The predicted molar refractivity (Wildman–Crippen MR) is 70.1 cm³/mol. The molecule has 0 unspecified atom stereocenters. The van der Waals surface area contributed by atoms with Crippen LogP contribution in [0.1, 0.15) is 37.2 Å². The Labute approximate surface area is 111 Å². The fraction of sp³-hybridized carbons (Fsp3) is 0.667. The summed E-state index contributed by atoms with van der Waals surface area (Å²) in [5.74, 6) is -0.359. The zero-order valence-electron chi connectivity index (χ0n) is 10.6. The van der Waals surface area contributed by atoms with Gasteiger partial charge in [0.05, 0.1) is 18.2 Å². The Balaban J connectivity index is 1.87. The second-order valence-electron chi connectivity index (χ2n) is 4.14. The van der Waals surface area contributed by atoms with Crippen molar-refractivity contribution in [3.8, 4) is 0 Å². The average molecular weight is 270 g/mol. The standard InChI is InChI=1S/C12H18N2O3S/c1-3-16-9-5-8(6-9)14-11-10(13-7-18-11)12(15)17-4-2/h7-9,14H,3-6H2,1-2H3. The number of carbonyl (C=O) groups is 1. The number of rotatable bonds is 6. The van der Waals surface area contributed by atoms with Crippen LogP contribution in [0.4, 0.5) is 5.00 Å². The zero-order valence-corrected chi connectivity index (χ0v) is 11.5. The van der Waals surface area contributed by atoms with Crippen LogP contribution in [0.2, 0.25) is 0 Å². The van der Waals surface area contributed by atoms with Crippen LogP contribution in [0.15, 0.2) is 5.51 Å². The minimum Gasteiger partial charge on any atom is -0.461 e. The molecule has 1 N–H and O–H groups in total. The summed E-state index contributed by atoms with van der Waals surface area (Å²) >= 11 is 1.43. The molecular weight excluding hydrogens is 252 g/mol. The van der Waals surface area contributed by atoms with Gasteiger partial charge in [0.15, 0.2) is 5.69 Å². The van der Waals surface area contributed by atoms with Gasteiger partial charge in [-0.2, -0.15) is 0 Å². The third-order valence-corrected chi connectivity index (χ3v) is 3.63. The fourth-order valence-electron chi connectivity index (χ4n) is 1.93. The molecule has 0 spiro atoms. The molecule has 0 amide bonds. The molecule has 1 saturated carbocycles. The first-order chi connectivity index (χ1) is 8.74. The van der Waals surface area contributed by atoms with E-state index in [4.69, 9.17) is 9.47 Å². The summed E-state index contributed by atoms with van der Waals surface area (Å²) < 4.78 is 10.5. The van der Waals surface area contributed by atoms with E-state index in [0.717, 1.165) is 24.4 Å². The maximum absolute atomic E-state index is 11.6. The van der Waals surface area contributed by atoms with Gasteiger partial charge in [-0.3, -0.25) is 0 Å². The first-order valence-electron chi connectivity index (χ1n) is 6.23. The summed E-state index contributed by atoms with van der Waals surface area (Å²) in [7, 11) is 0. The number of nitrogens with zero attached hydrogens (tertiary/aromatic N) is 1. The molecule has 5 nitrogen and oxygen atoms in total. The van der Waals surface area contributed by atoms with E-state index in [1.165, 1.54) is 11.3 Å². The number of hydrogen-bond acceptors (Lipinski definition) is 6. The molecule has 0 aliphatic heterocycles. The molecule has 2 rings (SSSR count). The summed E-state index contributed by atoms with van der Waals surface area (Å²) in [6.07, 6.45) is 2.31. The van der Waals surface area contributed by atoms with Crippen molar-refractivity contribution < 1.29 is 14.3 Å². The Morgan fingerprint density at radius 2 is 2.28 bits per heavy atom. The lowest BCUT2D eigenvalue weighted by atomic mass is 9.89. The minimum absolute atomic E-state index is 0.353. The van der Waals surface area contributed by atoms with Crippen LogP contribution in [0.25, 0.3) is 0 Å². The predicted octanol–water partition coefficient (Wildman–Crippen LogP) is 2.30. The van der Waals surface area contributed by atoms with E-state index < -0.39 is 0 Å². The van der Waals surface area contributed by atoms with Gasteiger partial charge in [-0.15, -0.1) is 11.3 Å². The number of aromatic nitrogens is 1. The van der Waals surface area contributed by atoms with Crippen LogP contribution >= 0.6 is 11.3 Å². The lowest BCUT2D eigenvalue weighted by Gasteiger charge is -2.35. The highest BCUT2D eigenvalue weighted by Gasteiger charge is 2.31. The number of hydrogen-bond donors (Lipinski definition) is 1. The maximum Gasteiger partial charge on any atom is 0.360 e. The van der Waals surface area contributed by atoms with Gasteiger partial charge < -0.3 is 14.8 Å². The molecule has 1 heterocycles. The lowest BCUT2D eigenvalue weighted by molar-refractivity contribution is 0.00303. The van der Waals surface area contributed by atoms with Crippen LogP contribution in [0.3, 0.4) is 0 Å². The molecule has 1 fully saturated rings. The molecule has 100 valence electrons. The van der Waals surface area contributed by atoms with Crippen molar-refractivity contribution in [3.05, 3.63) is 11.2 Å². The fourth-order valence-corrected chi connectivity index (χ4v) is 2.68. The van der Waals surface area contributed by atoms with E-state index in [1.807, 2.05) is 6.92 Å². The average Bonchev–Trinajstić information content (AvgIpc) is 2.75. The van der Waals surface area contributed by atoms with E-state index in [-0.39, 0.29) is 5.97 Å². The van der Waals surface area contributed by atoms with Crippen molar-refractivity contribution in [2.45, 2.75) is 38.8 Å². The molecule has 1 aromatic heterocycles. The van der Waals surface area contributed by atoms with Gasteiger partial charge in [0.25, 0.3) is 0 Å². The summed E-state index contributed by atoms with van der Waals surface area (Å²) in [4.78, 5) is 15.7. The summed E-state index contributed by atoms with van der Waals surface area (Å²) in [5.41, 5.74) is 2.05. The van der Waals surface area contributed by atoms with Crippen molar-refractivity contribution in [2.24, 2.45) is 0 Å². The molecule has 0 aromatic carbocycles. The highest BCUT2D eigenvalue weighted by Crippen LogP contribution is 2.30. The van der Waals surface area contributed by atoms with Crippen molar-refractivity contribution >= 4 is 22.3 Å². The lowest BCUT2D eigenvalue weighted by Crippen LogP contribution is -2.40. The Kier molecular flexibility index (Phi) is 4.54. The zero-order chi connectivity index (χ0) is 13.0. The van der Waals surface area contributed by atoms with Crippen molar-refractivity contribution in [1.29, 1.82) is 0 Å². The van der Waals surface area contributed by atoms with Gasteiger partial charge in [0.1, 0.15) is 5.00 Å². The van der Waals surface area contributed by atoms with Gasteiger partial charge in [0, 0.05) is 12.6 Å². The Bertz CT molecular complexity index is 402. The molecule has 1 aromatic rings. The van der Waals surface area contributed by atoms with Gasteiger partial charge >= 0.3 is 5.97 Å². The maximum atomic E-state index is 11.6. The van der Waals surface area contributed by atoms with E-state index in [9.17, 15) is 4.79 Å². The smallest absolute Gasteiger partial charge is 0.360 e. The van der Waals surface area contributed by atoms with Crippen LogP contribution in [0.5, 0.6) is 0 Å². The topological polar surface area (TPSA) is 60.5 Å². The van der Waals surface area contributed by atoms with Crippen molar-refractivity contribution in [3.63, 3.8) is 0 Å². The molecular formula is C12H18N2O3S. The summed E-state index contributed by atoms with van der Waals surface area (Å²) in [6, 6.07) is 0.371. The normalized spacial score (nSPS) is 22.3. The minimum atomic E-state index is -0.359. The number of carbonyl (C=O) groups excluding carboxylic acids is 1. The SMILES string of the molecule is CCOC(=O)c1ncsc1NC1CC(OCC)C1. The third-order valence-electron chi connectivity index (χ3n) is 2.87. The van der Waals surface area contributed by atoms with E-state index in [1.54, 1.807) is 12.4 Å². The number of anilines is 1. The Morgan fingerprint density at radius 1 is 1.50 bits per heavy atom. The molecule has 0 bridgehead atoms. The van der Waals surface area contributed by atoms with Crippen LogP contribution in [0, 0.1) is 0 Å². The Hall–Kier alpha value is -1.14. The monoisotopic (exact) mass is 270 g/mol. The highest BCUT2D eigenvalue weighted by molar-refractivity contribution is 7.14. The number of esters is 1. The molecule has 1 aliphatic carbocycles. The van der Waals surface area contributed by atoms with Crippen LogP contribution in [-0.4, -0.2) is 36.3 Å². The molecule has 0 atom stereocenters. The van der Waals surface area contributed by atoms with E-state index in [0.29, 0.717) is 24.4 Å². The molecule has 1 aliphatic rings. The second kappa shape index (κ2) is 6.15.